The molecule has 10 heteroatoms. The van der Waals surface area contributed by atoms with Gasteiger partial charge in [-0.05, 0) is 38.2 Å². The van der Waals surface area contributed by atoms with Crippen molar-refractivity contribution in [3.8, 4) is 0 Å². The number of allylic oxidation sites excluding steroid dienone is 1. The van der Waals surface area contributed by atoms with Crippen LogP contribution in [0.3, 0.4) is 0 Å². The van der Waals surface area contributed by atoms with Gasteiger partial charge >= 0.3 is 0 Å². The van der Waals surface area contributed by atoms with Gasteiger partial charge in [0, 0.05) is 17.0 Å². The van der Waals surface area contributed by atoms with Gasteiger partial charge in [-0.25, -0.2) is 0 Å². The number of Topliss-reactive ketones (excluding diaryl/α,β-unsaturated/α-hetero) is 1. The van der Waals surface area contributed by atoms with Crippen molar-refractivity contribution in [1.29, 1.82) is 0 Å². The van der Waals surface area contributed by atoms with Gasteiger partial charge < -0.3 is 15.0 Å². The molecule has 0 radical (unpaired) electrons. The fraction of sp³-hybridized carbons (Fsp3) is 0.625. The molecule has 1 aliphatic carbocycles. The van der Waals surface area contributed by atoms with Crippen molar-refractivity contribution in [3.05, 3.63) is 29.6 Å². The van der Waals surface area contributed by atoms with Gasteiger partial charge in [0.15, 0.2) is 5.78 Å². The van der Waals surface area contributed by atoms with Gasteiger partial charge in [-0.1, -0.05) is 25.3 Å². The normalized spacial score (nSPS) is 30.2. The minimum absolute atomic E-state index is 0.0146. The number of ether oxygens (including phenoxy) is 1. The molecule has 4 aliphatic rings. The smallest absolute Gasteiger partial charge is 0.246 e. The number of alkyl halides is 1. The number of aryl methyl sites for hydroxylation is 1. The van der Waals surface area contributed by atoms with E-state index in [1.165, 1.54) is 11.8 Å². The van der Waals surface area contributed by atoms with E-state index in [0.717, 1.165) is 48.3 Å². The maximum Gasteiger partial charge on any atom is 0.246 e. The number of fused-ring (bicyclic) bond motifs is 1. The van der Waals surface area contributed by atoms with E-state index in [0.29, 0.717) is 6.42 Å². The van der Waals surface area contributed by atoms with Gasteiger partial charge in [-0.15, -0.1) is 23.4 Å². The minimum Gasteiger partial charge on any atom is -0.366 e. The van der Waals surface area contributed by atoms with Crippen LogP contribution in [0.15, 0.2) is 18.3 Å². The van der Waals surface area contributed by atoms with Crippen molar-refractivity contribution in [3.63, 3.8) is 0 Å². The topological polar surface area (TPSA) is 101 Å². The third kappa shape index (κ3) is 4.62. The largest absolute Gasteiger partial charge is 0.366 e. The summed E-state index contributed by atoms with van der Waals surface area (Å²) in [6.07, 6.45) is 8.85. The van der Waals surface area contributed by atoms with Gasteiger partial charge in [0.1, 0.15) is 24.8 Å². The molecule has 3 fully saturated rings. The first-order valence-electron chi connectivity index (χ1n) is 12.0. The summed E-state index contributed by atoms with van der Waals surface area (Å²) >= 11 is 7.91. The molecule has 1 saturated carbocycles. The van der Waals surface area contributed by atoms with Crippen LogP contribution in [0, 0.1) is 12.8 Å². The van der Waals surface area contributed by atoms with Gasteiger partial charge in [0.2, 0.25) is 11.8 Å². The lowest BCUT2D eigenvalue weighted by molar-refractivity contribution is -0.141. The second-order valence-electron chi connectivity index (χ2n) is 9.57. The average Bonchev–Trinajstić information content (AvgIpc) is 3.56. The Hall–Kier alpha value is -1.97. The van der Waals surface area contributed by atoms with Crippen molar-refractivity contribution in [2.24, 2.45) is 5.92 Å². The standard InChI is InChI=1S/C24H29ClN4O4S/c1-13-9-15(10-26-28-13)18-7-8-19(34-18)23(31)27-20(14-5-3-2-4-6-14)24(32)29-11-16(25)22-21(29)17(30)12-33-22/h7,9-10,14,16,19-22H,2-6,8,11-12H2,1H3,(H,27,31). The van der Waals surface area contributed by atoms with Crippen LogP contribution in [0.1, 0.15) is 49.8 Å². The molecule has 2 saturated heterocycles. The summed E-state index contributed by atoms with van der Waals surface area (Å²) in [5, 5.41) is 10.4. The number of hydrogen-bond acceptors (Lipinski definition) is 7. The number of aromatic nitrogens is 2. The zero-order valence-corrected chi connectivity index (χ0v) is 20.7. The molecule has 0 aromatic carbocycles. The molecule has 1 N–H and O–H groups in total. The van der Waals surface area contributed by atoms with E-state index >= 15 is 0 Å². The number of amides is 2. The van der Waals surface area contributed by atoms with Crippen LogP contribution in [-0.2, 0) is 19.1 Å². The van der Waals surface area contributed by atoms with Gasteiger partial charge in [0.25, 0.3) is 0 Å². The minimum atomic E-state index is -0.654. The van der Waals surface area contributed by atoms with Crippen LogP contribution in [-0.4, -0.2) is 74.7 Å². The molecule has 1 aromatic rings. The van der Waals surface area contributed by atoms with Crippen molar-refractivity contribution in [2.75, 3.05) is 13.2 Å². The molecule has 5 atom stereocenters. The van der Waals surface area contributed by atoms with Crippen molar-refractivity contribution in [2.45, 2.75) is 74.3 Å². The molecular formula is C24H29ClN4O4S. The molecule has 2 amide bonds. The maximum atomic E-state index is 13.8. The first-order chi connectivity index (χ1) is 16.4. The van der Waals surface area contributed by atoms with E-state index in [-0.39, 0.29) is 41.9 Å². The monoisotopic (exact) mass is 504 g/mol. The van der Waals surface area contributed by atoms with Crippen LogP contribution in [0.2, 0.25) is 0 Å². The van der Waals surface area contributed by atoms with Crippen molar-refractivity contribution < 1.29 is 19.1 Å². The number of likely N-dealkylation sites (tertiary alicyclic amines) is 1. The molecular weight excluding hydrogens is 476 g/mol. The van der Waals surface area contributed by atoms with Crippen molar-refractivity contribution >= 4 is 45.9 Å². The zero-order valence-electron chi connectivity index (χ0n) is 19.1. The third-order valence-corrected chi connectivity index (χ3v) is 8.96. The van der Waals surface area contributed by atoms with Crippen molar-refractivity contribution in [1.82, 2.24) is 20.4 Å². The Labute approximate surface area is 208 Å². The molecule has 34 heavy (non-hydrogen) atoms. The number of halogens is 1. The predicted octanol–water partition coefficient (Wildman–Crippen LogP) is 2.48. The molecule has 5 unspecified atom stereocenters. The summed E-state index contributed by atoms with van der Waals surface area (Å²) in [5.74, 6) is -0.411. The lowest BCUT2D eigenvalue weighted by atomic mass is 9.83. The van der Waals surface area contributed by atoms with Crippen LogP contribution < -0.4 is 5.32 Å². The predicted molar refractivity (Wildman–Crippen MR) is 129 cm³/mol. The highest BCUT2D eigenvalue weighted by molar-refractivity contribution is 8.09. The Morgan fingerprint density at radius 3 is 2.85 bits per heavy atom. The summed E-state index contributed by atoms with van der Waals surface area (Å²) in [6, 6.07) is 0.654. The Balaban J connectivity index is 1.30. The van der Waals surface area contributed by atoms with Crippen LogP contribution >= 0.6 is 23.4 Å². The van der Waals surface area contributed by atoms with E-state index in [1.54, 1.807) is 11.1 Å². The average molecular weight is 505 g/mol. The molecule has 182 valence electrons. The first-order valence-corrected chi connectivity index (χ1v) is 13.3. The fourth-order valence-corrected chi connectivity index (χ4v) is 6.99. The second kappa shape index (κ2) is 9.95. The summed E-state index contributed by atoms with van der Waals surface area (Å²) in [6.45, 7) is 2.13. The summed E-state index contributed by atoms with van der Waals surface area (Å²) < 4.78 is 5.55. The van der Waals surface area contributed by atoms with E-state index in [4.69, 9.17) is 16.3 Å². The molecule has 1 aromatic heterocycles. The van der Waals surface area contributed by atoms with Gasteiger partial charge in [0.05, 0.1) is 22.5 Å². The maximum absolute atomic E-state index is 13.8. The number of hydrogen-bond donors (Lipinski definition) is 1. The van der Waals surface area contributed by atoms with E-state index in [9.17, 15) is 14.4 Å². The molecule has 3 aliphatic heterocycles. The zero-order chi connectivity index (χ0) is 23.8. The van der Waals surface area contributed by atoms with Gasteiger partial charge in [-0.3, -0.25) is 14.4 Å². The quantitative estimate of drug-likeness (QED) is 0.614. The SMILES string of the molecule is Cc1cc(C2=CCC(C(=O)NC(C(=O)N3CC(Cl)C4OCC(=O)C43)C3CCCCC3)S2)cnn1. The highest BCUT2D eigenvalue weighted by atomic mass is 35.5. The van der Waals surface area contributed by atoms with Gasteiger partial charge in [-0.2, -0.15) is 10.2 Å². The number of carbonyl (C=O) groups is 3. The second-order valence-corrected chi connectivity index (χ2v) is 11.4. The summed E-state index contributed by atoms with van der Waals surface area (Å²) in [7, 11) is 0. The lowest BCUT2D eigenvalue weighted by Gasteiger charge is -2.34. The number of nitrogens with one attached hydrogen (secondary N) is 1. The first kappa shape index (κ1) is 23.8. The number of carbonyl (C=O) groups excluding carboxylic acids is 3. The van der Waals surface area contributed by atoms with E-state index < -0.39 is 23.6 Å². The Bertz CT molecular complexity index is 1010. The number of nitrogens with zero attached hydrogens (tertiary/aromatic N) is 3. The molecule has 4 heterocycles. The highest BCUT2D eigenvalue weighted by Gasteiger charge is 2.53. The van der Waals surface area contributed by atoms with Crippen LogP contribution in [0.4, 0.5) is 0 Å². The Kier molecular flexibility index (Phi) is 6.95. The Morgan fingerprint density at radius 1 is 1.29 bits per heavy atom. The number of thioether (sulfide) groups is 1. The lowest BCUT2D eigenvalue weighted by Crippen LogP contribution is -2.56. The number of rotatable bonds is 5. The van der Waals surface area contributed by atoms with E-state index in [1.807, 2.05) is 19.1 Å². The Morgan fingerprint density at radius 2 is 2.09 bits per heavy atom. The summed E-state index contributed by atoms with van der Waals surface area (Å²) in [5.41, 5.74) is 1.77. The number of ketones is 1. The molecule has 0 bridgehead atoms. The summed E-state index contributed by atoms with van der Waals surface area (Å²) in [4.78, 5) is 42.1. The van der Waals surface area contributed by atoms with E-state index in [2.05, 4.69) is 15.5 Å². The molecule has 8 nitrogen and oxygen atoms in total. The third-order valence-electron chi connectivity index (χ3n) is 7.23. The molecule has 5 rings (SSSR count). The highest BCUT2D eigenvalue weighted by Crippen LogP contribution is 2.40. The van der Waals surface area contributed by atoms with Crippen LogP contribution in [0.5, 0.6) is 0 Å². The van der Waals surface area contributed by atoms with Crippen LogP contribution in [0.25, 0.3) is 4.91 Å². The molecule has 0 spiro atoms. The fourth-order valence-electron chi connectivity index (χ4n) is 5.52.